The first kappa shape index (κ1) is 14.4. The molecular weight excluding hydrogens is 244 g/mol. The molecule has 2 N–H and O–H groups in total. The fourth-order valence-corrected chi connectivity index (χ4v) is 2.93. The smallest absolute Gasteiger partial charge is 0.273 e. The second-order valence-corrected chi connectivity index (χ2v) is 5.69. The van der Waals surface area contributed by atoms with Crippen molar-refractivity contribution in [3.63, 3.8) is 0 Å². The molecule has 1 aromatic rings. The summed E-state index contributed by atoms with van der Waals surface area (Å²) in [6, 6.07) is 7.29. The third-order valence-corrected chi connectivity index (χ3v) is 4.12. The first-order valence-corrected chi connectivity index (χ1v) is 7.26. The molecule has 0 saturated heterocycles. The van der Waals surface area contributed by atoms with Gasteiger partial charge in [0, 0.05) is 18.0 Å². The van der Waals surface area contributed by atoms with E-state index in [0.717, 1.165) is 31.2 Å². The monoisotopic (exact) mass is 267 g/mol. The number of hydrogen-bond donors (Lipinski definition) is 1. The average Bonchev–Trinajstić information content (AvgIpc) is 2.40. The molecule has 0 radical (unpaired) electrons. The highest BCUT2D eigenvalue weighted by atomic mass is 19.3. The molecule has 0 bridgehead atoms. The minimum absolute atomic E-state index is 0.0774. The molecule has 1 aliphatic carbocycles. The normalized spacial score (nSPS) is 24.4. The number of rotatable bonds is 4. The molecule has 19 heavy (non-hydrogen) atoms. The molecule has 0 aromatic heterocycles. The van der Waals surface area contributed by atoms with E-state index in [1.165, 1.54) is 0 Å². The third-order valence-electron chi connectivity index (χ3n) is 4.12. The van der Waals surface area contributed by atoms with Crippen LogP contribution in [0.15, 0.2) is 24.3 Å². The van der Waals surface area contributed by atoms with Gasteiger partial charge in [-0.05, 0) is 43.2 Å². The van der Waals surface area contributed by atoms with Crippen molar-refractivity contribution in [2.75, 3.05) is 0 Å². The van der Waals surface area contributed by atoms with Gasteiger partial charge in [0.05, 0.1) is 0 Å². The molecule has 0 spiro atoms. The van der Waals surface area contributed by atoms with Crippen LogP contribution in [0.2, 0.25) is 0 Å². The molecule has 1 saturated carbocycles. The summed E-state index contributed by atoms with van der Waals surface area (Å²) in [5.74, 6) is -2.30. The number of nitrogens with two attached hydrogens (primary N) is 1. The maximum absolute atomic E-state index is 13.9. The van der Waals surface area contributed by atoms with Gasteiger partial charge in [-0.15, -0.1) is 0 Å². The Balaban J connectivity index is 2.15. The lowest BCUT2D eigenvalue weighted by Crippen LogP contribution is -2.25. The van der Waals surface area contributed by atoms with Crippen LogP contribution >= 0.6 is 0 Å². The van der Waals surface area contributed by atoms with Gasteiger partial charge in [-0.3, -0.25) is 0 Å². The number of alkyl halides is 2. The van der Waals surface area contributed by atoms with Crippen LogP contribution in [-0.2, 0) is 5.92 Å². The van der Waals surface area contributed by atoms with Gasteiger partial charge in [-0.25, -0.2) is 8.78 Å². The lowest BCUT2D eigenvalue weighted by molar-refractivity contribution is -0.0141. The van der Waals surface area contributed by atoms with Crippen LogP contribution < -0.4 is 5.73 Å². The van der Waals surface area contributed by atoms with E-state index in [2.05, 4.69) is 0 Å². The van der Waals surface area contributed by atoms with Gasteiger partial charge in [0.15, 0.2) is 0 Å². The highest BCUT2D eigenvalue weighted by Gasteiger charge is 2.31. The van der Waals surface area contributed by atoms with Crippen molar-refractivity contribution in [3.8, 4) is 0 Å². The Labute approximate surface area is 114 Å². The summed E-state index contributed by atoms with van der Waals surface area (Å²) in [7, 11) is 0. The molecule has 0 atom stereocenters. The Kier molecular flexibility index (Phi) is 4.56. The molecule has 1 nitrogen and oxygen atoms in total. The van der Waals surface area contributed by atoms with Crippen molar-refractivity contribution in [2.24, 2.45) is 5.73 Å². The van der Waals surface area contributed by atoms with E-state index in [1.54, 1.807) is 25.1 Å². The molecule has 1 fully saturated rings. The second-order valence-electron chi connectivity index (χ2n) is 5.69. The van der Waals surface area contributed by atoms with Crippen molar-refractivity contribution in [1.82, 2.24) is 0 Å². The van der Waals surface area contributed by atoms with Crippen LogP contribution in [0.3, 0.4) is 0 Å². The summed E-state index contributed by atoms with van der Waals surface area (Å²) < 4.78 is 27.9. The Bertz CT molecular complexity index is 409. The van der Waals surface area contributed by atoms with E-state index < -0.39 is 5.92 Å². The standard InChI is InChI=1S/C16H23F2N/c1-2-10-16(17,18)14-5-3-4-13(11-14)12-6-8-15(19)9-7-12/h3-5,11-12,15H,2,6-10,19H2,1H3. The molecule has 0 unspecified atom stereocenters. The van der Waals surface area contributed by atoms with Gasteiger partial charge < -0.3 is 5.73 Å². The second kappa shape index (κ2) is 6.00. The van der Waals surface area contributed by atoms with E-state index >= 15 is 0 Å². The minimum atomic E-state index is -2.70. The summed E-state index contributed by atoms with van der Waals surface area (Å²) in [6.45, 7) is 1.79. The van der Waals surface area contributed by atoms with Crippen LogP contribution in [0.4, 0.5) is 8.78 Å². The summed E-state index contributed by atoms with van der Waals surface area (Å²) >= 11 is 0. The van der Waals surface area contributed by atoms with Crippen LogP contribution in [0.1, 0.15) is 62.5 Å². The maximum Gasteiger partial charge on any atom is 0.273 e. The lowest BCUT2D eigenvalue weighted by atomic mass is 9.81. The number of halogens is 2. The zero-order valence-electron chi connectivity index (χ0n) is 11.5. The lowest BCUT2D eigenvalue weighted by Gasteiger charge is -2.27. The zero-order chi connectivity index (χ0) is 13.9. The van der Waals surface area contributed by atoms with Crippen molar-refractivity contribution in [2.45, 2.75) is 63.3 Å². The SMILES string of the molecule is CCCC(F)(F)c1cccc(C2CCC(N)CC2)c1. The van der Waals surface area contributed by atoms with Gasteiger partial charge in [-0.2, -0.15) is 0 Å². The molecule has 1 aliphatic rings. The van der Waals surface area contributed by atoms with Crippen LogP contribution in [0, 0.1) is 0 Å². The van der Waals surface area contributed by atoms with E-state index in [1.807, 2.05) is 6.07 Å². The van der Waals surface area contributed by atoms with Gasteiger partial charge in [0.25, 0.3) is 5.92 Å². The number of benzene rings is 1. The maximum atomic E-state index is 13.9. The summed E-state index contributed by atoms with van der Waals surface area (Å²) in [6.07, 6.45) is 4.45. The Hall–Kier alpha value is -0.960. The summed E-state index contributed by atoms with van der Waals surface area (Å²) in [5, 5.41) is 0. The van der Waals surface area contributed by atoms with Crippen molar-refractivity contribution in [3.05, 3.63) is 35.4 Å². The quantitative estimate of drug-likeness (QED) is 0.850. The summed E-state index contributed by atoms with van der Waals surface area (Å²) in [4.78, 5) is 0. The molecule has 0 aliphatic heterocycles. The highest BCUT2D eigenvalue weighted by molar-refractivity contribution is 5.29. The van der Waals surface area contributed by atoms with Crippen molar-refractivity contribution >= 4 is 0 Å². The first-order chi connectivity index (χ1) is 9.03. The van der Waals surface area contributed by atoms with E-state index in [-0.39, 0.29) is 12.0 Å². The number of hydrogen-bond acceptors (Lipinski definition) is 1. The molecule has 3 heteroatoms. The Morgan fingerprint density at radius 1 is 1.21 bits per heavy atom. The molecule has 106 valence electrons. The Morgan fingerprint density at radius 2 is 1.89 bits per heavy atom. The highest BCUT2D eigenvalue weighted by Crippen LogP contribution is 2.37. The fourth-order valence-electron chi connectivity index (χ4n) is 2.93. The summed E-state index contributed by atoms with van der Waals surface area (Å²) in [5.41, 5.74) is 7.12. The predicted octanol–water partition coefficient (Wildman–Crippen LogP) is 4.56. The molecule has 2 rings (SSSR count). The van der Waals surface area contributed by atoms with Crippen LogP contribution in [0.5, 0.6) is 0 Å². The van der Waals surface area contributed by atoms with E-state index in [0.29, 0.717) is 18.4 Å². The van der Waals surface area contributed by atoms with Gasteiger partial charge >= 0.3 is 0 Å². The van der Waals surface area contributed by atoms with Crippen molar-refractivity contribution < 1.29 is 8.78 Å². The first-order valence-electron chi connectivity index (χ1n) is 7.26. The van der Waals surface area contributed by atoms with Gasteiger partial charge in [0.2, 0.25) is 0 Å². The van der Waals surface area contributed by atoms with Gasteiger partial charge in [0.1, 0.15) is 0 Å². The zero-order valence-corrected chi connectivity index (χ0v) is 11.5. The van der Waals surface area contributed by atoms with E-state index in [9.17, 15) is 8.78 Å². The molecule has 0 heterocycles. The Morgan fingerprint density at radius 3 is 2.53 bits per heavy atom. The third kappa shape index (κ3) is 3.53. The van der Waals surface area contributed by atoms with E-state index in [4.69, 9.17) is 5.73 Å². The minimum Gasteiger partial charge on any atom is -0.328 e. The van der Waals surface area contributed by atoms with Gasteiger partial charge in [-0.1, -0.05) is 31.5 Å². The molecule has 0 amide bonds. The van der Waals surface area contributed by atoms with Crippen LogP contribution in [0.25, 0.3) is 0 Å². The molecular formula is C16H23F2N. The largest absolute Gasteiger partial charge is 0.328 e. The predicted molar refractivity (Wildman–Crippen MR) is 74.4 cm³/mol. The fraction of sp³-hybridized carbons (Fsp3) is 0.625. The van der Waals surface area contributed by atoms with Crippen molar-refractivity contribution in [1.29, 1.82) is 0 Å². The van der Waals surface area contributed by atoms with Crippen LogP contribution in [-0.4, -0.2) is 6.04 Å². The topological polar surface area (TPSA) is 26.0 Å². The molecule has 1 aromatic carbocycles. The average molecular weight is 267 g/mol.